The maximum Gasteiger partial charge on any atom is 0.130 e. The van der Waals surface area contributed by atoms with Crippen molar-refractivity contribution in [1.82, 2.24) is 4.90 Å². The summed E-state index contributed by atoms with van der Waals surface area (Å²) in [6.45, 7) is 3.07. The van der Waals surface area contributed by atoms with Crippen LogP contribution in [0.2, 0.25) is 0 Å². The molecule has 0 aliphatic carbocycles. The largest absolute Gasteiger partial charge is 0.309 e. The minimum absolute atomic E-state index is 0.375. The minimum Gasteiger partial charge on any atom is -0.309 e. The summed E-state index contributed by atoms with van der Waals surface area (Å²) < 4.78 is 0. The van der Waals surface area contributed by atoms with E-state index in [0.717, 1.165) is 25.8 Å². The third-order valence-corrected chi connectivity index (χ3v) is 4.25. The second kappa shape index (κ2) is 6.86. The monoisotopic (exact) mass is 283 g/mol. The molecule has 2 aromatic carbocycles. The molecule has 0 unspecified atom stereocenters. The quantitative estimate of drug-likeness (QED) is 0.715. The number of carbonyl (C=O) groups is 1. The van der Waals surface area contributed by atoms with Gasteiger partial charge in [0.05, 0.1) is 5.41 Å². The molecule has 112 valence electrons. The van der Waals surface area contributed by atoms with Crippen molar-refractivity contribution in [1.29, 1.82) is 0 Å². The van der Waals surface area contributed by atoms with Crippen LogP contribution in [0.4, 0.5) is 0 Å². The van der Waals surface area contributed by atoms with E-state index in [1.54, 1.807) is 0 Å². The topological polar surface area (TPSA) is 20.3 Å². The van der Waals surface area contributed by atoms with E-state index in [9.17, 15) is 4.79 Å². The summed E-state index contributed by atoms with van der Waals surface area (Å²) in [5.74, 6) is 0. The van der Waals surface area contributed by atoms with Crippen LogP contribution < -0.4 is 0 Å². The van der Waals surface area contributed by atoms with E-state index < -0.39 is 0 Å². The van der Waals surface area contributed by atoms with E-state index in [1.807, 2.05) is 6.07 Å². The Labute approximate surface area is 127 Å². The molecule has 0 saturated heterocycles. The van der Waals surface area contributed by atoms with Crippen LogP contribution in [-0.2, 0) is 10.2 Å². The van der Waals surface area contributed by atoms with Crippen molar-refractivity contribution in [3.05, 3.63) is 48.0 Å². The van der Waals surface area contributed by atoms with Gasteiger partial charge in [-0.3, -0.25) is 0 Å². The maximum absolute atomic E-state index is 12.1. The Bertz CT molecular complexity index is 600. The predicted molar refractivity (Wildman–Crippen MR) is 89.8 cm³/mol. The van der Waals surface area contributed by atoms with Crippen LogP contribution in [0.5, 0.6) is 0 Å². The molecule has 0 spiro atoms. The molecular formula is C19H25NO. The number of rotatable bonds is 7. The molecule has 2 rings (SSSR count). The Morgan fingerprint density at radius 3 is 2.43 bits per heavy atom. The van der Waals surface area contributed by atoms with E-state index >= 15 is 0 Å². The van der Waals surface area contributed by atoms with Crippen LogP contribution in [0.15, 0.2) is 42.5 Å². The minimum atomic E-state index is -0.375. The molecule has 2 heteroatoms. The van der Waals surface area contributed by atoms with E-state index in [0.29, 0.717) is 0 Å². The zero-order valence-electron chi connectivity index (χ0n) is 13.3. The van der Waals surface area contributed by atoms with Crippen molar-refractivity contribution in [3.63, 3.8) is 0 Å². The highest BCUT2D eigenvalue weighted by Gasteiger charge is 2.32. The summed E-state index contributed by atoms with van der Waals surface area (Å²) in [4.78, 5) is 14.2. The first-order valence-electron chi connectivity index (χ1n) is 7.72. The van der Waals surface area contributed by atoms with Gasteiger partial charge in [0.2, 0.25) is 0 Å². The summed E-state index contributed by atoms with van der Waals surface area (Å²) in [6.07, 6.45) is 3.96. The molecule has 21 heavy (non-hydrogen) atoms. The summed E-state index contributed by atoms with van der Waals surface area (Å²) in [7, 11) is 4.12. The first kappa shape index (κ1) is 15.7. The smallest absolute Gasteiger partial charge is 0.130 e. The van der Waals surface area contributed by atoms with Gasteiger partial charge in [0.1, 0.15) is 6.29 Å². The standard InChI is InChI=1S/C19H25NO/c1-4-12-19(15-21,13-14-20(2)3)18-11-7-9-16-8-5-6-10-17(16)18/h5-11,15H,4,12-14H2,1-3H3/t19-/m0/s1. The number of hydrogen-bond acceptors (Lipinski definition) is 2. The zero-order valence-corrected chi connectivity index (χ0v) is 13.3. The van der Waals surface area contributed by atoms with Gasteiger partial charge in [-0.15, -0.1) is 0 Å². The number of nitrogens with zero attached hydrogens (tertiary/aromatic N) is 1. The van der Waals surface area contributed by atoms with Crippen molar-refractivity contribution < 1.29 is 4.79 Å². The van der Waals surface area contributed by atoms with E-state index in [1.165, 1.54) is 22.6 Å². The molecule has 2 aromatic rings. The van der Waals surface area contributed by atoms with Crippen molar-refractivity contribution in [3.8, 4) is 0 Å². The average Bonchev–Trinajstić information content (AvgIpc) is 2.51. The number of aldehydes is 1. The summed E-state index contributed by atoms with van der Waals surface area (Å²) in [5.41, 5.74) is 0.805. The van der Waals surface area contributed by atoms with Crippen LogP contribution >= 0.6 is 0 Å². The molecule has 1 atom stereocenters. The van der Waals surface area contributed by atoms with Gasteiger partial charge >= 0.3 is 0 Å². The Hall–Kier alpha value is -1.67. The van der Waals surface area contributed by atoms with Crippen LogP contribution in [-0.4, -0.2) is 31.8 Å². The fourth-order valence-corrected chi connectivity index (χ4v) is 3.10. The van der Waals surface area contributed by atoms with E-state index in [-0.39, 0.29) is 5.41 Å². The lowest BCUT2D eigenvalue weighted by Crippen LogP contribution is -2.32. The maximum atomic E-state index is 12.1. The fraction of sp³-hybridized carbons (Fsp3) is 0.421. The molecular weight excluding hydrogens is 258 g/mol. The fourth-order valence-electron chi connectivity index (χ4n) is 3.10. The van der Waals surface area contributed by atoms with Crippen LogP contribution in [0.1, 0.15) is 31.7 Å². The van der Waals surface area contributed by atoms with Gasteiger partial charge in [-0.05, 0) is 49.8 Å². The predicted octanol–water partition coefficient (Wildman–Crippen LogP) is 4.03. The Morgan fingerprint density at radius 2 is 1.76 bits per heavy atom. The number of carbonyl (C=O) groups excluding carboxylic acids is 1. The van der Waals surface area contributed by atoms with Crippen molar-refractivity contribution >= 4 is 17.1 Å². The van der Waals surface area contributed by atoms with Gasteiger partial charge in [-0.1, -0.05) is 55.8 Å². The highest BCUT2D eigenvalue weighted by molar-refractivity contribution is 5.90. The molecule has 0 amide bonds. The first-order valence-corrected chi connectivity index (χ1v) is 7.72. The van der Waals surface area contributed by atoms with Gasteiger partial charge in [-0.25, -0.2) is 0 Å². The highest BCUT2D eigenvalue weighted by atomic mass is 16.1. The van der Waals surface area contributed by atoms with Crippen molar-refractivity contribution in [2.45, 2.75) is 31.6 Å². The third kappa shape index (κ3) is 3.33. The normalized spacial score (nSPS) is 14.3. The Morgan fingerprint density at radius 1 is 1.05 bits per heavy atom. The molecule has 0 N–H and O–H groups in total. The van der Waals surface area contributed by atoms with Gasteiger partial charge < -0.3 is 9.69 Å². The molecule has 0 aliphatic rings. The Kier molecular flexibility index (Phi) is 5.13. The molecule has 0 aliphatic heterocycles. The number of fused-ring (bicyclic) bond motifs is 1. The van der Waals surface area contributed by atoms with Crippen molar-refractivity contribution in [2.75, 3.05) is 20.6 Å². The average molecular weight is 283 g/mol. The second-order valence-electron chi connectivity index (χ2n) is 6.10. The molecule has 0 bridgehead atoms. The van der Waals surface area contributed by atoms with Gasteiger partial charge in [0, 0.05) is 0 Å². The molecule has 0 heterocycles. The third-order valence-electron chi connectivity index (χ3n) is 4.25. The Balaban J connectivity index is 2.54. The molecule has 0 radical (unpaired) electrons. The summed E-state index contributed by atoms with van der Waals surface area (Å²) in [5, 5.41) is 2.42. The van der Waals surface area contributed by atoms with Gasteiger partial charge in [0.25, 0.3) is 0 Å². The molecule has 0 aromatic heterocycles. The lowest BCUT2D eigenvalue weighted by Gasteiger charge is -2.31. The second-order valence-corrected chi connectivity index (χ2v) is 6.10. The number of benzene rings is 2. The van der Waals surface area contributed by atoms with Crippen LogP contribution in [0.25, 0.3) is 10.8 Å². The van der Waals surface area contributed by atoms with E-state index in [2.05, 4.69) is 62.3 Å². The lowest BCUT2D eigenvalue weighted by atomic mass is 9.73. The lowest BCUT2D eigenvalue weighted by molar-refractivity contribution is -0.113. The van der Waals surface area contributed by atoms with Crippen LogP contribution in [0.3, 0.4) is 0 Å². The van der Waals surface area contributed by atoms with Crippen LogP contribution in [0, 0.1) is 0 Å². The highest BCUT2D eigenvalue weighted by Crippen LogP contribution is 2.36. The molecule has 2 nitrogen and oxygen atoms in total. The summed E-state index contributed by atoms with van der Waals surface area (Å²) >= 11 is 0. The zero-order chi connectivity index (χ0) is 15.3. The molecule has 0 fully saturated rings. The molecule has 0 saturated carbocycles. The van der Waals surface area contributed by atoms with Gasteiger partial charge in [0.15, 0.2) is 0 Å². The first-order chi connectivity index (χ1) is 10.1. The van der Waals surface area contributed by atoms with Crippen molar-refractivity contribution in [2.24, 2.45) is 0 Å². The van der Waals surface area contributed by atoms with Gasteiger partial charge in [-0.2, -0.15) is 0 Å². The SMILES string of the molecule is CCC[C@@](C=O)(CCN(C)C)c1cccc2ccccc12. The number of hydrogen-bond donors (Lipinski definition) is 0. The van der Waals surface area contributed by atoms with E-state index in [4.69, 9.17) is 0 Å². The summed E-state index contributed by atoms with van der Waals surface area (Å²) in [6, 6.07) is 14.7.